The summed E-state index contributed by atoms with van der Waals surface area (Å²) in [6, 6.07) is 11.3. The van der Waals surface area contributed by atoms with Crippen molar-refractivity contribution in [1.82, 2.24) is 14.8 Å². The lowest BCUT2D eigenvalue weighted by atomic mass is 10.1. The van der Waals surface area contributed by atoms with Gasteiger partial charge in [-0.05, 0) is 32.1 Å². The number of carbonyl (C=O) groups excluding carboxylic acids is 1. The van der Waals surface area contributed by atoms with Gasteiger partial charge in [-0.15, -0.1) is 0 Å². The number of rotatable bonds is 7. The van der Waals surface area contributed by atoms with Crippen molar-refractivity contribution in [3.63, 3.8) is 0 Å². The summed E-state index contributed by atoms with van der Waals surface area (Å²) in [5, 5.41) is 2.70. The Bertz CT molecular complexity index is 817. The maximum Gasteiger partial charge on any atom is 0.417 e. The first-order valence-electron chi connectivity index (χ1n) is 8.41. The van der Waals surface area contributed by atoms with Crippen molar-refractivity contribution in [2.45, 2.75) is 25.2 Å². The predicted molar refractivity (Wildman–Crippen MR) is 96.3 cm³/mol. The molecule has 146 valence electrons. The van der Waals surface area contributed by atoms with Gasteiger partial charge >= 0.3 is 6.18 Å². The highest BCUT2D eigenvalue weighted by atomic mass is 19.4. The number of amides is 1. The third kappa shape index (κ3) is 6.25. The van der Waals surface area contributed by atoms with E-state index in [1.807, 2.05) is 49.3 Å². The first-order valence-corrected chi connectivity index (χ1v) is 8.41. The van der Waals surface area contributed by atoms with Gasteiger partial charge < -0.3 is 14.8 Å². The summed E-state index contributed by atoms with van der Waals surface area (Å²) in [4.78, 5) is 25.8. The number of likely N-dealkylation sites (N-methyl/N-ethyl adjacent to an activating group) is 1. The Balaban J connectivity index is 1.99. The number of alkyl halides is 3. The molecule has 2 aromatic rings. The molecule has 5 nitrogen and oxygen atoms in total. The summed E-state index contributed by atoms with van der Waals surface area (Å²) >= 11 is 0. The van der Waals surface area contributed by atoms with Gasteiger partial charge in [-0.2, -0.15) is 13.2 Å². The molecule has 0 bridgehead atoms. The predicted octanol–water partition coefficient (Wildman–Crippen LogP) is 2.16. The SMILES string of the molecule is CN(C)C(CNC(=O)Cn1cc(C(F)(F)F)ccc1=O)Cc1ccccc1. The number of hydrogen-bond donors (Lipinski definition) is 1. The number of benzene rings is 1. The molecule has 0 spiro atoms. The average molecular weight is 381 g/mol. The lowest BCUT2D eigenvalue weighted by molar-refractivity contribution is -0.138. The average Bonchev–Trinajstić information content (AvgIpc) is 2.60. The summed E-state index contributed by atoms with van der Waals surface area (Å²) in [7, 11) is 3.77. The molecule has 1 amide bonds. The maximum absolute atomic E-state index is 12.8. The zero-order valence-corrected chi connectivity index (χ0v) is 15.2. The van der Waals surface area contributed by atoms with Crippen molar-refractivity contribution in [1.29, 1.82) is 0 Å². The molecule has 1 unspecified atom stereocenters. The topological polar surface area (TPSA) is 54.3 Å². The maximum atomic E-state index is 12.8. The summed E-state index contributed by atoms with van der Waals surface area (Å²) < 4.78 is 39.1. The first kappa shape index (κ1) is 20.7. The van der Waals surface area contributed by atoms with E-state index in [2.05, 4.69) is 5.32 Å². The molecule has 2 rings (SSSR count). The van der Waals surface area contributed by atoms with Crippen LogP contribution in [0.4, 0.5) is 13.2 Å². The zero-order chi connectivity index (χ0) is 20.0. The minimum atomic E-state index is -4.57. The number of aromatic nitrogens is 1. The normalized spacial score (nSPS) is 12.8. The van der Waals surface area contributed by atoms with E-state index in [4.69, 9.17) is 0 Å². The largest absolute Gasteiger partial charge is 0.417 e. The van der Waals surface area contributed by atoms with E-state index in [1.54, 1.807) is 0 Å². The van der Waals surface area contributed by atoms with Gasteiger partial charge in [0, 0.05) is 24.8 Å². The molecule has 0 aliphatic carbocycles. The third-order valence-electron chi connectivity index (χ3n) is 4.20. The minimum absolute atomic E-state index is 0.00887. The monoisotopic (exact) mass is 381 g/mol. The molecule has 1 atom stereocenters. The van der Waals surface area contributed by atoms with Crippen LogP contribution in [0.5, 0.6) is 0 Å². The smallest absolute Gasteiger partial charge is 0.353 e. The van der Waals surface area contributed by atoms with Gasteiger partial charge in [-0.3, -0.25) is 9.59 Å². The second-order valence-electron chi connectivity index (χ2n) is 6.49. The number of nitrogens with zero attached hydrogens (tertiary/aromatic N) is 2. The standard InChI is InChI=1S/C19H22F3N3O2/c1-24(2)16(10-14-6-4-3-5-7-14)11-23-17(26)13-25-12-15(19(20,21)22)8-9-18(25)27/h3-9,12,16H,10-11,13H2,1-2H3,(H,23,26). The molecular weight excluding hydrogens is 359 g/mol. The molecule has 0 saturated heterocycles. The van der Waals surface area contributed by atoms with Crippen LogP contribution in [0, 0.1) is 0 Å². The molecule has 0 aliphatic heterocycles. The number of nitrogens with one attached hydrogen (secondary N) is 1. The first-order chi connectivity index (χ1) is 12.7. The minimum Gasteiger partial charge on any atom is -0.353 e. The van der Waals surface area contributed by atoms with Crippen LogP contribution in [0.15, 0.2) is 53.5 Å². The van der Waals surface area contributed by atoms with Crippen LogP contribution >= 0.6 is 0 Å². The molecule has 1 N–H and O–H groups in total. The molecule has 0 radical (unpaired) electrons. The van der Waals surface area contributed by atoms with Crippen LogP contribution in [0.2, 0.25) is 0 Å². The number of hydrogen-bond acceptors (Lipinski definition) is 3. The van der Waals surface area contributed by atoms with E-state index in [0.29, 0.717) is 25.2 Å². The van der Waals surface area contributed by atoms with Crippen LogP contribution in [0.3, 0.4) is 0 Å². The quantitative estimate of drug-likeness (QED) is 0.800. The number of halogens is 3. The number of pyridine rings is 1. The van der Waals surface area contributed by atoms with E-state index in [0.717, 1.165) is 16.2 Å². The zero-order valence-electron chi connectivity index (χ0n) is 15.2. The van der Waals surface area contributed by atoms with Gasteiger partial charge in [0.25, 0.3) is 5.56 Å². The number of carbonyl (C=O) groups is 1. The van der Waals surface area contributed by atoms with Crippen molar-refractivity contribution < 1.29 is 18.0 Å². The van der Waals surface area contributed by atoms with Crippen LogP contribution in [0.1, 0.15) is 11.1 Å². The lowest BCUT2D eigenvalue weighted by Crippen LogP contribution is -2.43. The van der Waals surface area contributed by atoms with Gasteiger partial charge in [0.15, 0.2) is 0 Å². The van der Waals surface area contributed by atoms with Crippen LogP contribution in [-0.4, -0.2) is 42.1 Å². The van der Waals surface area contributed by atoms with Gasteiger partial charge in [-0.1, -0.05) is 30.3 Å². The van der Waals surface area contributed by atoms with Crippen LogP contribution in [-0.2, 0) is 23.9 Å². The Labute approximate surface area is 155 Å². The van der Waals surface area contributed by atoms with Crippen molar-refractivity contribution >= 4 is 5.91 Å². The van der Waals surface area contributed by atoms with Crippen molar-refractivity contribution in [2.24, 2.45) is 0 Å². The Hall–Kier alpha value is -2.61. The lowest BCUT2D eigenvalue weighted by Gasteiger charge is -2.25. The van der Waals surface area contributed by atoms with Gasteiger partial charge in [0.1, 0.15) is 6.54 Å². The van der Waals surface area contributed by atoms with E-state index in [1.165, 1.54) is 0 Å². The van der Waals surface area contributed by atoms with Crippen LogP contribution < -0.4 is 10.9 Å². The van der Waals surface area contributed by atoms with Crippen molar-refractivity contribution in [3.05, 3.63) is 70.1 Å². The fourth-order valence-electron chi connectivity index (χ4n) is 2.59. The van der Waals surface area contributed by atoms with Gasteiger partial charge in [0.05, 0.1) is 5.56 Å². The van der Waals surface area contributed by atoms with E-state index < -0.39 is 29.8 Å². The van der Waals surface area contributed by atoms with Gasteiger partial charge in [0.2, 0.25) is 5.91 Å². The molecule has 0 saturated carbocycles. The van der Waals surface area contributed by atoms with E-state index in [9.17, 15) is 22.8 Å². The summed E-state index contributed by atoms with van der Waals surface area (Å²) in [6.07, 6.45) is -3.20. The van der Waals surface area contributed by atoms with Crippen LogP contribution in [0.25, 0.3) is 0 Å². The van der Waals surface area contributed by atoms with Gasteiger partial charge in [-0.25, -0.2) is 0 Å². The summed E-state index contributed by atoms with van der Waals surface area (Å²) in [6.45, 7) is -0.150. The second-order valence-corrected chi connectivity index (χ2v) is 6.49. The Morgan fingerprint density at radius 2 is 1.81 bits per heavy atom. The second kappa shape index (κ2) is 8.85. The van der Waals surface area contributed by atoms with Crippen molar-refractivity contribution in [3.8, 4) is 0 Å². The molecular formula is C19H22F3N3O2. The van der Waals surface area contributed by atoms with E-state index in [-0.39, 0.29) is 6.04 Å². The fraction of sp³-hybridized carbons (Fsp3) is 0.368. The highest BCUT2D eigenvalue weighted by molar-refractivity contribution is 5.75. The summed E-state index contributed by atoms with van der Waals surface area (Å²) in [5.41, 5.74) is -0.517. The highest BCUT2D eigenvalue weighted by Crippen LogP contribution is 2.27. The Morgan fingerprint density at radius 3 is 2.41 bits per heavy atom. The molecule has 27 heavy (non-hydrogen) atoms. The molecule has 1 aromatic heterocycles. The molecule has 0 fully saturated rings. The van der Waals surface area contributed by atoms with E-state index >= 15 is 0 Å². The molecule has 8 heteroatoms. The molecule has 1 heterocycles. The Kier molecular flexibility index (Phi) is 6.79. The highest BCUT2D eigenvalue weighted by Gasteiger charge is 2.31. The Morgan fingerprint density at radius 1 is 1.15 bits per heavy atom. The molecule has 0 aliphatic rings. The fourth-order valence-corrected chi connectivity index (χ4v) is 2.59. The summed E-state index contributed by atoms with van der Waals surface area (Å²) in [5.74, 6) is -0.517. The van der Waals surface area contributed by atoms with Crippen molar-refractivity contribution in [2.75, 3.05) is 20.6 Å². The third-order valence-corrected chi connectivity index (χ3v) is 4.20. The molecule has 1 aromatic carbocycles.